The molecule has 0 radical (unpaired) electrons. The van der Waals surface area contributed by atoms with Crippen molar-refractivity contribution in [1.29, 1.82) is 0 Å². The van der Waals surface area contributed by atoms with E-state index in [1.807, 2.05) is 18.2 Å². The molecule has 3 N–H and O–H groups in total. The first-order valence-corrected chi connectivity index (χ1v) is 5.35. The van der Waals surface area contributed by atoms with E-state index >= 15 is 0 Å². The zero-order valence-electron chi connectivity index (χ0n) is 9.24. The third-order valence-electron chi connectivity index (χ3n) is 2.16. The molecule has 90 valence electrons. The first-order chi connectivity index (χ1) is 8.19. The Bertz CT molecular complexity index is 551. The van der Waals surface area contributed by atoms with E-state index < -0.39 is 0 Å². The molecule has 5 nitrogen and oxygen atoms in total. The minimum Gasteiger partial charge on any atom is -0.459 e. The third kappa shape index (κ3) is 2.82. The highest BCUT2D eigenvalue weighted by Crippen LogP contribution is 2.22. The molecule has 0 atom stereocenters. The van der Waals surface area contributed by atoms with Crippen molar-refractivity contribution in [3.8, 4) is 0 Å². The molecule has 17 heavy (non-hydrogen) atoms. The maximum Gasteiger partial charge on any atom is 0.231 e. The number of hydrogen-bond donors (Lipinski definition) is 2. The van der Waals surface area contributed by atoms with Gasteiger partial charge < -0.3 is 20.3 Å². The van der Waals surface area contributed by atoms with Crippen LogP contribution in [-0.2, 0) is 11.4 Å². The lowest BCUT2D eigenvalue weighted by atomic mass is 10.2. The summed E-state index contributed by atoms with van der Waals surface area (Å²) in [5, 5.41) is 8.01. The molecule has 0 bridgehead atoms. The summed E-state index contributed by atoms with van der Waals surface area (Å²) in [6, 6.07) is 7.35. The number of rotatable bonds is 3. The van der Waals surface area contributed by atoms with Gasteiger partial charge in [0.1, 0.15) is 18.5 Å². The highest BCUT2D eigenvalue weighted by Gasteiger charge is 2.04. The summed E-state index contributed by atoms with van der Waals surface area (Å²) in [4.78, 5) is 4.52. The van der Waals surface area contributed by atoms with E-state index in [1.54, 1.807) is 6.07 Å². The fourth-order valence-corrected chi connectivity index (χ4v) is 1.65. The summed E-state index contributed by atoms with van der Waals surface area (Å²) in [5.41, 5.74) is 6.29. The highest BCUT2D eigenvalue weighted by molar-refractivity contribution is 6.31. The summed E-state index contributed by atoms with van der Waals surface area (Å²) in [7, 11) is 1.43. The second-order valence-electron chi connectivity index (χ2n) is 3.41. The van der Waals surface area contributed by atoms with Gasteiger partial charge in [-0.05, 0) is 29.4 Å². The first kappa shape index (κ1) is 11.6. The van der Waals surface area contributed by atoms with Crippen LogP contribution >= 0.6 is 11.6 Å². The van der Waals surface area contributed by atoms with Crippen molar-refractivity contribution in [2.24, 2.45) is 10.9 Å². The number of oxime groups is 1. The predicted molar refractivity (Wildman–Crippen MR) is 66.7 cm³/mol. The predicted octanol–water partition coefficient (Wildman–Crippen LogP) is 2.05. The molecule has 1 heterocycles. The van der Waals surface area contributed by atoms with Crippen LogP contribution in [0, 0.1) is 0 Å². The summed E-state index contributed by atoms with van der Waals surface area (Å²) < 4.78 is 5.58. The van der Waals surface area contributed by atoms with Crippen LogP contribution in [0.25, 0.3) is 11.0 Å². The minimum absolute atomic E-state index is 0.200. The summed E-state index contributed by atoms with van der Waals surface area (Å²) >= 11 is 5.88. The van der Waals surface area contributed by atoms with Crippen molar-refractivity contribution in [3.63, 3.8) is 0 Å². The van der Waals surface area contributed by atoms with Crippen LogP contribution in [0.2, 0.25) is 5.02 Å². The molecule has 0 aliphatic heterocycles. The van der Waals surface area contributed by atoms with Crippen molar-refractivity contribution in [1.82, 2.24) is 5.32 Å². The van der Waals surface area contributed by atoms with Gasteiger partial charge in [-0.3, -0.25) is 0 Å². The van der Waals surface area contributed by atoms with Crippen LogP contribution in [0.1, 0.15) is 5.76 Å². The van der Waals surface area contributed by atoms with Crippen molar-refractivity contribution >= 4 is 28.5 Å². The molecule has 2 aromatic rings. The molecule has 0 saturated heterocycles. The number of guanidine groups is 1. The summed E-state index contributed by atoms with van der Waals surface area (Å²) in [6.07, 6.45) is 0. The van der Waals surface area contributed by atoms with Gasteiger partial charge in [0.15, 0.2) is 0 Å². The minimum atomic E-state index is 0.200. The fourth-order valence-electron chi connectivity index (χ4n) is 1.46. The van der Waals surface area contributed by atoms with Crippen molar-refractivity contribution in [3.05, 3.63) is 35.0 Å². The van der Waals surface area contributed by atoms with E-state index in [0.717, 1.165) is 16.7 Å². The largest absolute Gasteiger partial charge is 0.459 e. The molecule has 0 aliphatic rings. The maximum atomic E-state index is 5.88. The molecule has 0 unspecified atom stereocenters. The quantitative estimate of drug-likeness (QED) is 0.499. The second-order valence-corrected chi connectivity index (χ2v) is 3.84. The zero-order valence-corrected chi connectivity index (χ0v) is 9.99. The Kier molecular flexibility index (Phi) is 3.39. The van der Waals surface area contributed by atoms with E-state index in [2.05, 4.69) is 15.3 Å². The van der Waals surface area contributed by atoms with Gasteiger partial charge in [0, 0.05) is 10.4 Å². The molecule has 1 aromatic heterocycles. The molecule has 6 heteroatoms. The maximum absolute atomic E-state index is 5.88. The number of fused-ring (bicyclic) bond motifs is 1. The van der Waals surface area contributed by atoms with Crippen LogP contribution < -0.4 is 11.1 Å². The normalized spacial score (nSPS) is 11.8. The molecule has 0 saturated carbocycles. The van der Waals surface area contributed by atoms with Gasteiger partial charge in [0.05, 0.1) is 6.54 Å². The van der Waals surface area contributed by atoms with Crippen molar-refractivity contribution in [2.45, 2.75) is 6.54 Å². The Morgan fingerprint density at radius 1 is 1.53 bits per heavy atom. The lowest BCUT2D eigenvalue weighted by Crippen LogP contribution is -2.30. The number of benzene rings is 1. The molecular formula is C11H12ClN3O2. The number of nitrogens with zero attached hydrogens (tertiary/aromatic N) is 1. The van der Waals surface area contributed by atoms with Gasteiger partial charge >= 0.3 is 0 Å². The van der Waals surface area contributed by atoms with Gasteiger partial charge in [-0.1, -0.05) is 11.6 Å². The van der Waals surface area contributed by atoms with Crippen LogP contribution in [0.4, 0.5) is 0 Å². The van der Waals surface area contributed by atoms with Gasteiger partial charge in [0.25, 0.3) is 0 Å². The van der Waals surface area contributed by atoms with Crippen molar-refractivity contribution < 1.29 is 9.25 Å². The Balaban J connectivity index is 2.12. The average Bonchev–Trinajstić information content (AvgIpc) is 2.68. The lowest BCUT2D eigenvalue weighted by Gasteiger charge is -2.00. The molecule has 0 fully saturated rings. The number of nitrogens with one attached hydrogen (secondary N) is 1. The van der Waals surface area contributed by atoms with Gasteiger partial charge in [0.2, 0.25) is 5.96 Å². The van der Waals surface area contributed by atoms with E-state index in [0.29, 0.717) is 11.6 Å². The number of halogens is 1. The van der Waals surface area contributed by atoms with Gasteiger partial charge in [-0.25, -0.2) is 0 Å². The Hall–Kier alpha value is -1.88. The van der Waals surface area contributed by atoms with Gasteiger partial charge in [-0.15, -0.1) is 0 Å². The molecule has 0 amide bonds. The summed E-state index contributed by atoms with van der Waals surface area (Å²) in [5.74, 6) is 0.947. The Morgan fingerprint density at radius 2 is 2.35 bits per heavy atom. The third-order valence-corrected chi connectivity index (χ3v) is 2.40. The SMILES string of the molecule is CON=C(N)NCc1cc2cc(Cl)ccc2o1. The molecular weight excluding hydrogens is 242 g/mol. The van der Waals surface area contributed by atoms with E-state index in [9.17, 15) is 0 Å². The lowest BCUT2D eigenvalue weighted by molar-refractivity contribution is 0.211. The standard InChI is InChI=1S/C11H12ClN3O2/c1-16-15-11(13)14-6-9-5-7-4-8(12)2-3-10(7)17-9/h2-5H,6H2,1H3,(H3,13,14,15). The number of hydrogen-bond acceptors (Lipinski definition) is 3. The van der Waals surface area contributed by atoms with Crippen LogP contribution in [0.5, 0.6) is 0 Å². The second kappa shape index (κ2) is 4.97. The topological polar surface area (TPSA) is 72.8 Å². The summed E-state index contributed by atoms with van der Waals surface area (Å²) in [6.45, 7) is 0.436. The first-order valence-electron chi connectivity index (χ1n) is 4.97. The van der Waals surface area contributed by atoms with Crippen LogP contribution in [-0.4, -0.2) is 13.1 Å². The van der Waals surface area contributed by atoms with E-state index in [1.165, 1.54) is 7.11 Å². The average molecular weight is 254 g/mol. The zero-order chi connectivity index (χ0) is 12.3. The van der Waals surface area contributed by atoms with E-state index in [-0.39, 0.29) is 5.96 Å². The fraction of sp³-hybridized carbons (Fsp3) is 0.182. The Labute approximate surface area is 103 Å². The smallest absolute Gasteiger partial charge is 0.231 e. The molecule has 1 aromatic carbocycles. The monoisotopic (exact) mass is 253 g/mol. The number of nitrogens with two attached hydrogens (primary N) is 1. The van der Waals surface area contributed by atoms with Gasteiger partial charge in [-0.2, -0.15) is 0 Å². The molecule has 0 aliphatic carbocycles. The van der Waals surface area contributed by atoms with Crippen LogP contribution in [0.15, 0.2) is 33.8 Å². The van der Waals surface area contributed by atoms with E-state index in [4.69, 9.17) is 21.8 Å². The Morgan fingerprint density at radius 3 is 3.12 bits per heavy atom. The highest BCUT2D eigenvalue weighted by atomic mass is 35.5. The number of furan rings is 1. The molecule has 0 spiro atoms. The van der Waals surface area contributed by atoms with Crippen molar-refractivity contribution in [2.75, 3.05) is 7.11 Å². The van der Waals surface area contributed by atoms with Crippen LogP contribution in [0.3, 0.4) is 0 Å². The molecule has 2 rings (SSSR count).